The van der Waals surface area contributed by atoms with E-state index in [1.807, 2.05) is 0 Å². The Kier molecular flexibility index (Phi) is 8.34. The third-order valence-electron chi connectivity index (χ3n) is 3.52. The highest BCUT2D eigenvalue weighted by molar-refractivity contribution is 5.85. The molecule has 6 heteroatoms. The zero-order valence-corrected chi connectivity index (χ0v) is 11.9. The van der Waals surface area contributed by atoms with Crippen molar-refractivity contribution in [2.75, 3.05) is 20.3 Å². The molecular weight excluding hydrogens is 250 g/mol. The molecule has 0 aliphatic carbocycles. The molecule has 0 aromatic rings. The first-order chi connectivity index (χ1) is 8.95. The minimum Gasteiger partial charge on any atom is -0.481 e. The summed E-state index contributed by atoms with van der Waals surface area (Å²) >= 11 is 0. The number of amides is 1. The molecule has 112 valence electrons. The van der Waals surface area contributed by atoms with Gasteiger partial charge in [0.1, 0.15) is 0 Å². The van der Waals surface area contributed by atoms with E-state index in [2.05, 4.69) is 5.32 Å². The summed E-state index contributed by atoms with van der Waals surface area (Å²) < 4.78 is 4.95. The maximum Gasteiger partial charge on any atom is 0.310 e. The van der Waals surface area contributed by atoms with Gasteiger partial charge < -0.3 is 20.3 Å². The highest BCUT2D eigenvalue weighted by Crippen LogP contribution is 2.30. The van der Waals surface area contributed by atoms with Crippen molar-refractivity contribution >= 4 is 11.9 Å². The second-order valence-electron chi connectivity index (χ2n) is 4.70. The summed E-state index contributed by atoms with van der Waals surface area (Å²) in [7, 11) is 1.51. The van der Waals surface area contributed by atoms with E-state index in [0.29, 0.717) is 25.9 Å². The van der Waals surface area contributed by atoms with Crippen LogP contribution in [0.5, 0.6) is 0 Å². The standard InChI is InChI=1S/C13H25NO5/c1-4-13(5-2,12(17)18)8-11(16)14-10(6-7-15)9-19-3/h10,15H,4-9H2,1-3H3,(H,14,16)(H,17,18). The molecule has 0 saturated carbocycles. The Labute approximate surface area is 114 Å². The first-order valence-corrected chi connectivity index (χ1v) is 6.58. The number of aliphatic carboxylic acids is 1. The number of methoxy groups -OCH3 is 1. The van der Waals surface area contributed by atoms with Gasteiger partial charge in [0, 0.05) is 20.1 Å². The molecule has 0 aromatic heterocycles. The van der Waals surface area contributed by atoms with Crippen LogP contribution in [0.2, 0.25) is 0 Å². The van der Waals surface area contributed by atoms with Crippen LogP contribution >= 0.6 is 0 Å². The molecule has 0 rings (SSSR count). The highest BCUT2D eigenvalue weighted by atomic mass is 16.5. The van der Waals surface area contributed by atoms with Crippen LogP contribution in [0.3, 0.4) is 0 Å². The maximum atomic E-state index is 11.9. The van der Waals surface area contributed by atoms with E-state index in [-0.39, 0.29) is 25.0 Å². The molecule has 1 amide bonds. The summed E-state index contributed by atoms with van der Waals surface area (Å²) in [6.07, 6.45) is 1.14. The molecule has 0 radical (unpaired) electrons. The summed E-state index contributed by atoms with van der Waals surface area (Å²) in [5.41, 5.74) is -1.01. The molecule has 0 bridgehead atoms. The number of carbonyl (C=O) groups excluding carboxylic acids is 1. The molecule has 1 unspecified atom stereocenters. The number of rotatable bonds is 10. The molecule has 0 spiro atoms. The maximum absolute atomic E-state index is 11.9. The Hall–Kier alpha value is -1.14. The lowest BCUT2D eigenvalue weighted by atomic mass is 9.79. The predicted molar refractivity (Wildman–Crippen MR) is 70.8 cm³/mol. The van der Waals surface area contributed by atoms with Crippen LogP contribution in [0.1, 0.15) is 39.5 Å². The molecule has 0 aliphatic heterocycles. The number of carboxylic acid groups (broad SMARTS) is 1. The van der Waals surface area contributed by atoms with Crippen molar-refractivity contribution in [1.82, 2.24) is 5.32 Å². The molecule has 19 heavy (non-hydrogen) atoms. The number of hydrogen-bond donors (Lipinski definition) is 3. The molecule has 1 atom stereocenters. The zero-order chi connectivity index (χ0) is 14.9. The third kappa shape index (κ3) is 5.57. The van der Waals surface area contributed by atoms with Crippen molar-refractivity contribution < 1.29 is 24.5 Å². The first kappa shape index (κ1) is 17.9. The number of nitrogens with one attached hydrogen (secondary N) is 1. The molecule has 0 heterocycles. The second-order valence-corrected chi connectivity index (χ2v) is 4.70. The third-order valence-corrected chi connectivity index (χ3v) is 3.52. The molecule has 6 nitrogen and oxygen atoms in total. The lowest BCUT2D eigenvalue weighted by Gasteiger charge is -2.27. The van der Waals surface area contributed by atoms with Crippen LogP contribution in [0.4, 0.5) is 0 Å². The van der Waals surface area contributed by atoms with Crippen molar-refractivity contribution in [1.29, 1.82) is 0 Å². The van der Waals surface area contributed by atoms with Crippen molar-refractivity contribution in [3.63, 3.8) is 0 Å². The largest absolute Gasteiger partial charge is 0.481 e. The van der Waals surface area contributed by atoms with Gasteiger partial charge >= 0.3 is 5.97 Å². The summed E-state index contributed by atoms with van der Waals surface area (Å²) in [5, 5.41) is 20.9. The Bertz CT molecular complexity index is 283. The van der Waals surface area contributed by atoms with Crippen molar-refractivity contribution in [3.8, 4) is 0 Å². The van der Waals surface area contributed by atoms with Crippen LogP contribution in [-0.2, 0) is 14.3 Å². The second kappa shape index (κ2) is 8.87. The predicted octanol–water partition coefficient (Wildman–Crippen LogP) is 0.781. The molecule has 0 fully saturated rings. The van der Waals surface area contributed by atoms with Gasteiger partial charge in [-0.25, -0.2) is 0 Å². The van der Waals surface area contributed by atoms with Gasteiger partial charge in [-0.2, -0.15) is 0 Å². The normalized spacial score (nSPS) is 13.1. The Morgan fingerprint density at radius 1 is 1.32 bits per heavy atom. The Morgan fingerprint density at radius 2 is 1.89 bits per heavy atom. The van der Waals surface area contributed by atoms with E-state index in [4.69, 9.17) is 9.84 Å². The fourth-order valence-electron chi connectivity index (χ4n) is 2.02. The molecule has 3 N–H and O–H groups in total. The smallest absolute Gasteiger partial charge is 0.310 e. The number of carboxylic acids is 1. The number of ether oxygens (including phenoxy) is 1. The number of aliphatic hydroxyl groups excluding tert-OH is 1. The van der Waals surface area contributed by atoms with Crippen LogP contribution in [0.15, 0.2) is 0 Å². The summed E-state index contributed by atoms with van der Waals surface area (Å²) in [4.78, 5) is 23.2. The van der Waals surface area contributed by atoms with Crippen molar-refractivity contribution in [3.05, 3.63) is 0 Å². The summed E-state index contributed by atoms with van der Waals surface area (Å²) in [5.74, 6) is -1.26. The topological polar surface area (TPSA) is 95.9 Å². The average Bonchev–Trinajstić information content (AvgIpc) is 2.36. The van der Waals surface area contributed by atoms with Gasteiger partial charge in [0.15, 0.2) is 0 Å². The van der Waals surface area contributed by atoms with Crippen LogP contribution in [-0.4, -0.2) is 48.5 Å². The van der Waals surface area contributed by atoms with Gasteiger partial charge in [0.25, 0.3) is 0 Å². The van der Waals surface area contributed by atoms with Crippen LogP contribution in [0, 0.1) is 5.41 Å². The average molecular weight is 275 g/mol. The first-order valence-electron chi connectivity index (χ1n) is 6.58. The van der Waals surface area contributed by atoms with Gasteiger partial charge in [0.2, 0.25) is 5.91 Å². The summed E-state index contributed by atoms with van der Waals surface area (Å²) in [6, 6.07) is -0.289. The zero-order valence-electron chi connectivity index (χ0n) is 11.9. The van der Waals surface area contributed by atoms with Gasteiger partial charge in [-0.1, -0.05) is 13.8 Å². The van der Waals surface area contributed by atoms with E-state index in [9.17, 15) is 14.7 Å². The van der Waals surface area contributed by atoms with Gasteiger partial charge in [-0.05, 0) is 19.3 Å². The van der Waals surface area contributed by atoms with E-state index in [1.54, 1.807) is 13.8 Å². The molecule has 0 saturated heterocycles. The van der Waals surface area contributed by atoms with Gasteiger partial charge in [-0.15, -0.1) is 0 Å². The lowest BCUT2D eigenvalue weighted by molar-refractivity contribution is -0.152. The van der Waals surface area contributed by atoms with Gasteiger partial charge in [0.05, 0.1) is 18.1 Å². The Morgan fingerprint density at radius 3 is 2.26 bits per heavy atom. The van der Waals surface area contributed by atoms with Crippen molar-refractivity contribution in [2.24, 2.45) is 5.41 Å². The van der Waals surface area contributed by atoms with Gasteiger partial charge in [-0.3, -0.25) is 9.59 Å². The minimum absolute atomic E-state index is 0.0546. The molecule has 0 aliphatic rings. The SMILES string of the molecule is CCC(CC)(CC(=O)NC(CCO)COC)C(=O)O. The summed E-state index contributed by atoms with van der Waals surface area (Å²) in [6.45, 7) is 3.78. The van der Waals surface area contributed by atoms with Crippen LogP contribution < -0.4 is 5.32 Å². The quantitative estimate of drug-likeness (QED) is 0.547. The Balaban J connectivity index is 4.60. The van der Waals surface area contributed by atoms with E-state index >= 15 is 0 Å². The van der Waals surface area contributed by atoms with E-state index in [0.717, 1.165) is 0 Å². The number of aliphatic hydroxyl groups is 1. The molecular formula is C13H25NO5. The van der Waals surface area contributed by atoms with E-state index in [1.165, 1.54) is 7.11 Å². The fraction of sp³-hybridized carbons (Fsp3) is 0.846. The van der Waals surface area contributed by atoms with Crippen molar-refractivity contribution in [2.45, 2.75) is 45.6 Å². The lowest BCUT2D eigenvalue weighted by Crippen LogP contribution is -2.43. The highest BCUT2D eigenvalue weighted by Gasteiger charge is 2.37. The number of hydrogen-bond acceptors (Lipinski definition) is 4. The monoisotopic (exact) mass is 275 g/mol. The fourth-order valence-corrected chi connectivity index (χ4v) is 2.02. The van der Waals surface area contributed by atoms with E-state index < -0.39 is 11.4 Å². The van der Waals surface area contributed by atoms with Crippen LogP contribution in [0.25, 0.3) is 0 Å². The number of carbonyl (C=O) groups is 2. The molecule has 0 aromatic carbocycles. The minimum atomic E-state index is -1.01.